The number of nitrogens with zero attached hydrogens (tertiary/aromatic N) is 2. The summed E-state index contributed by atoms with van der Waals surface area (Å²) in [6, 6.07) is 31.8. The Balaban J connectivity index is 1.36. The summed E-state index contributed by atoms with van der Waals surface area (Å²) >= 11 is 0. The van der Waals surface area contributed by atoms with E-state index in [1.807, 2.05) is 92.7 Å². The van der Waals surface area contributed by atoms with Gasteiger partial charge in [-0.2, -0.15) is 5.26 Å². The van der Waals surface area contributed by atoms with Crippen molar-refractivity contribution in [1.82, 2.24) is 20.9 Å². The lowest BCUT2D eigenvalue weighted by Gasteiger charge is -2.35. The molecule has 1 aliphatic rings. The minimum atomic E-state index is -1.05. The predicted molar refractivity (Wildman–Crippen MR) is 200 cm³/mol. The number of amides is 4. The number of aryl methyl sites for hydroxylation is 2. The normalized spacial score (nSPS) is 15.0. The van der Waals surface area contributed by atoms with Crippen LogP contribution in [0.25, 0.3) is 0 Å². The maximum Gasteiger partial charge on any atom is 0.318 e. The number of aliphatic hydroxyl groups is 1. The molecule has 0 aromatic heterocycles. The van der Waals surface area contributed by atoms with E-state index in [2.05, 4.69) is 22.0 Å². The predicted octanol–water partition coefficient (Wildman–Crippen LogP) is 4.79. The van der Waals surface area contributed by atoms with Gasteiger partial charge in [0.2, 0.25) is 5.91 Å². The van der Waals surface area contributed by atoms with Crippen LogP contribution in [0.3, 0.4) is 0 Å². The van der Waals surface area contributed by atoms with Gasteiger partial charge in [-0.15, -0.1) is 0 Å². The highest BCUT2D eigenvalue weighted by Gasteiger charge is 2.34. The highest BCUT2D eigenvalue weighted by Crippen LogP contribution is 2.22. The molecule has 1 saturated heterocycles. The van der Waals surface area contributed by atoms with Crippen molar-refractivity contribution in [1.29, 1.82) is 5.26 Å². The maximum absolute atomic E-state index is 14.3. The van der Waals surface area contributed by atoms with Crippen molar-refractivity contribution in [2.24, 2.45) is 0 Å². The van der Waals surface area contributed by atoms with Gasteiger partial charge in [0.05, 0.1) is 23.8 Å². The topological polar surface area (TPSA) is 144 Å². The molecular weight excluding hydrogens is 654 g/mol. The molecule has 0 bridgehead atoms. The van der Waals surface area contributed by atoms with E-state index in [-0.39, 0.29) is 37.3 Å². The molecule has 0 unspecified atom stereocenters. The molecule has 4 aromatic carbocycles. The number of rotatable bonds is 16. The van der Waals surface area contributed by atoms with Crippen molar-refractivity contribution < 1.29 is 24.2 Å². The van der Waals surface area contributed by atoms with Crippen molar-refractivity contribution >= 4 is 17.8 Å². The molecule has 4 aromatic rings. The Morgan fingerprint density at radius 1 is 0.846 bits per heavy atom. The van der Waals surface area contributed by atoms with Gasteiger partial charge in [0, 0.05) is 25.6 Å². The van der Waals surface area contributed by atoms with Gasteiger partial charge in [-0.3, -0.25) is 9.59 Å². The Kier molecular flexibility index (Phi) is 13.4. The number of hydrogen-bond donors (Lipinski definition) is 4. The zero-order valence-corrected chi connectivity index (χ0v) is 29.8. The largest absolute Gasteiger partial charge is 0.483 e. The molecule has 0 aliphatic carbocycles. The van der Waals surface area contributed by atoms with Crippen LogP contribution in [0.2, 0.25) is 0 Å². The summed E-state index contributed by atoms with van der Waals surface area (Å²) in [5.74, 6) is -0.0635. The van der Waals surface area contributed by atoms with Crippen LogP contribution in [0.1, 0.15) is 46.2 Å². The average Bonchev–Trinajstić information content (AvgIpc) is 3.14. The van der Waals surface area contributed by atoms with E-state index in [0.29, 0.717) is 43.7 Å². The maximum atomic E-state index is 14.3. The first-order valence-corrected chi connectivity index (χ1v) is 17.8. The van der Waals surface area contributed by atoms with Crippen molar-refractivity contribution in [3.8, 4) is 11.8 Å². The van der Waals surface area contributed by atoms with Gasteiger partial charge in [-0.25, -0.2) is 4.79 Å². The van der Waals surface area contributed by atoms with Crippen LogP contribution in [-0.2, 0) is 28.9 Å². The lowest BCUT2D eigenvalue weighted by Crippen LogP contribution is -2.58. The summed E-state index contributed by atoms with van der Waals surface area (Å²) in [5, 5.41) is 30.2. The molecule has 4 atom stereocenters. The van der Waals surface area contributed by atoms with E-state index in [1.54, 1.807) is 29.2 Å². The van der Waals surface area contributed by atoms with Gasteiger partial charge in [0.1, 0.15) is 11.8 Å². The van der Waals surface area contributed by atoms with Crippen molar-refractivity contribution in [2.75, 3.05) is 19.7 Å². The van der Waals surface area contributed by atoms with Crippen LogP contribution in [0.5, 0.6) is 5.75 Å². The molecule has 1 heterocycles. The van der Waals surface area contributed by atoms with E-state index in [4.69, 9.17) is 4.74 Å². The third-order valence-electron chi connectivity index (χ3n) is 9.37. The fraction of sp³-hybridized carbons (Fsp3) is 0.333. The number of nitrogens with one attached hydrogen (secondary N) is 3. The molecule has 270 valence electrons. The van der Waals surface area contributed by atoms with E-state index < -0.39 is 24.2 Å². The third kappa shape index (κ3) is 10.7. The minimum absolute atomic E-state index is 0.131. The third-order valence-corrected chi connectivity index (χ3v) is 9.37. The van der Waals surface area contributed by atoms with Gasteiger partial charge in [-0.05, 0) is 79.5 Å². The Morgan fingerprint density at radius 3 is 2.08 bits per heavy atom. The molecule has 4 amide bonds. The summed E-state index contributed by atoms with van der Waals surface area (Å²) in [7, 11) is 0. The highest BCUT2D eigenvalue weighted by atomic mass is 16.5. The van der Waals surface area contributed by atoms with Crippen LogP contribution in [0.4, 0.5) is 4.79 Å². The number of carbonyl (C=O) groups excluding carboxylic acids is 3. The number of ether oxygens (including phenoxy) is 1. The molecule has 4 N–H and O–H groups in total. The zero-order chi connectivity index (χ0) is 36.9. The fourth-order valence-corrected chi connectivity index (χ4v) is 6.64. The first-order chi connectivity index (χ1) is 25.2. The van der Waals surface area contributed by atoms with Gasteiger partial charge in [0.15, 0.2) is 6.61 Å². The molecule has 52 heavy (non-hydrogen) atoms. The van der Waals surface area contributed by atoms with Crippen molar-refractivity contribution in [3.63, 3.8) is 0 Å². The lowest BCUT2D eigenvalue weighted by molar-refractivity contribution is -0.127. The molecule has 10 nitrogen and oxygen atoms in total. The molecule has 0 saturated carbocycles. The Hall–Kier alpha value is -5.66. The number of carbonyl (C=O) groups is 3. The molecule has 1 aliphatic heterocycles. The Labute approximate surface area is 305 Å². The first kappa shape index (κ1) is 37.6. The van der Waals surface area contributed by atoms with Gasteiger partial charge < -0.3 is 30.7 Å². The number of benzene rings is 4. The average molecular weight is 702 g/mol. The molecule has 10 heteroatoms. The van der Waals surface area contributed by atoms with Gasteiger partial charge >= 0.3 is 6.03 Å². The minimum Gasteiger partial charge on any atom is -0.483 e. The number of hydrogen-bond acceptors (Lipinski definition) is 6. The Morgan fingerprint density at radius 2 is 1.46 bits per heavy atom. The van der Waals surface area contributed by atoms with E-state index in [0.717, 1.165) is 27.8 Å². The summed E-state index contributed by atoms with van der Waals surface area (Å²) in [6.07, 6.45) is 0.807. The van der Waals surface area contributed by atoms with Crippen molar-refractivity contribution in [3.05, 3.63) is 137 Å². The van der Waals surface area contributed by atoms with E-state index in [1.165, 1.54) is 0 Å². The van der Waals surface area contributed by atoms with Crippen LogP contribution in [-0.4, -0.2) is 71.8 Å². The first-order valence-electron chi connectivity index (χ1n) is 17.8. The number of aliphatic hydroxyl groups excluding tert-OH is 1. The number of para-hydroxylation sites is 1. The summed E-state index contributed by atoms with van der Waals surface area (Å²) in [4.78, 5) is 42.2. The lowest BCUT2D eigenvalue weighted by atomic mass is 9.93. The Bertz CT molecular complexity index is 1810. The van der Waals surface area contributed by atoms with Gasteiger partial charge in [0.25, 0.3) is 5.91 Å². The van der Waals surface area contributed by atoms with Crippen LogP contribution < -0.4 is 20.7 Å². The highest BCUT2D eigenvalue weighted by molar-refractivity contribution is 5.88. The monoisotopic (exact) mass is 701 g/mol. The molecule has 5 rings (SSSR count). The van der Waals surface area contributed by atoms with Gasteiger partial charge in [-0.1, -0.05) is 91.0 Å². The molecule has 0 spiro atoms. The zero-order valence-electron chi connectivity index (χ0n) is 29.8. The van der Waals surface area contributed by atoms with Crippen LogP contribution in [0.15, 0.2) is 103 Å². The molecular formula is C42H47N5O5. The second-order valence-corrected chi connectivity index (χ2v) is 13.4. The quantitative estimate of drug-likeness (QED) is 0.132. The van der Waals surface area contributed by atoms with E-state index in [9.17, 15) is 24.8 Å². The number of nitriles is 1. The molecule has 0 radical (unpaired) electrons. The van der Waals surface area contributed by atoms with Crippen LogP contribution in [0, 0.1) is 25.2 Å². The number of urea groups is 1. The standard InChI is InChI=1S/C42H47N5O5/c1-29-11-9-12-30(2)40(29)52-28-39(49)46-36(24-32-15-7-4-8-16-32)38(48)26-35(23-31-13-5-3-6-14-31)45-41(50)37(47-22-10-21-44-42(47)51)25-33-17-19-34(27-43)20-18-33/h3-9,11-20,35-38,48H,10,21-26,28H2,1-2H3,(H,44,51)(H,45,50)(H,46,49)/t35-,36-,37-,38-/m0/s1. The summed E-state index contributed by atoms with van der Waals surface area (Å²) < 4.78 is 5.92. The van der Waals surface area contributed by atoms with Crippen LogP contribution >= 0.6 is 0 Å². The SMILES string of the molecule is Cc1cccc(C)c1OCC(=O)N[C@@H](Cc1ccccc1)[C@@H](O)C[C@H](Cc1ccccc1)NC(=O)[C@H](Cc1ccc(C#N)cc1)N1CCCNC1=O. The second kappa shape index (κ2) is 18.5. The summed E-state index contributed by atoms with van der Waals surface area (Å²) in [5.41, 5.74) is 5.06. The molecule has 1 fully saturated rings. The van der Waals surface area contributed by atoms with E-state index >= 15 is 0 Å². The smallest absolute Gasteiger partial charge is 0.318 e. The summed E-state index contributed by atoms with van der Waals surface area (Å²) in [6.45, 7) is 4.59. The van der Waals surface area contributed by atoms with Crippen molar-refractivity contribution in [2.45, 2.75) is 70.2 Å². The second-order valence-electron chi connectivity index (χ2n) is 13.4. The fourth-order valence-electron chi connectivity index (χ4n) is 6.64.